The summed E-state index contributed by atoms with van der Waals surface area (Å²) < 4.78 is 12.1. The second-order valence-electron chi connectivity index (χ2n) is 7.41. The number of carbonyl (C=O) groups is 1. The van der Waals surface area contributed by atoms with Gasteiger partial charge in [-0.15, -0.1) is 0 Å². The molecule has 0 radical (unpaired) electrons. The molecule has 3 aromatic carbocycles. The minimum absolute atomic E-state index is 0.113. The summed E-state index contributed by atoms with van der Waals surface area (Å²) in [5.74, 6) is 0.562. The third kappa shape index (κ3) is 3.33. The van der Waals surface area contributed by atoms with Gasteiger partial charge in [-0.05, 0) is 47.5 Å². The third-order valence-electron chi connectivity index (χ3n) is 5.55. The minimum Gasteiger partial charge on any atom is -0.497 e. The Morgan fingerprint density at radius 1 is 1.00 bits per heavy atom. The van der Waals surface area contributed by atoms with E-state index in [4.69, 9.17) is 9.15 Å². The summed E-state index contributed by atoms with van der Waals surface area (Å²) in [4.78, 5) is 28.6. The molecule has 1 atom stereocenters. The maximum Gasteiger partial charge on any atom is 0.291 e. The van der Waals surface area contributed by atoms with Crippen LogP contribution >= 0.6 is 15.9 Å². The molecule has 154 valence electrons. The Kier molecular flexibility index (Phi) is 4.87. The fraction of sp³-hybridized carbons (Fsp3) is 0.120. The Morgan fingerprint density at radius 2 is 1.77 bits per heavy atom. The minimum atomic E-state index is -0.539. The monoisotopic (exact) mass is 475 g/mol. The van der Waals surface area contributed by atoms with E-state index < -0.39 is 6.04 Å². The molecule has 5 nitrogen and oxygen atoms in total. The predicted molar refractivity (Wildman–Crippen MR) is 121 cm³/mol. The summed E-state index contributed by atoms with van der Waals surface area (Å²) in [6.45, 7) is 0.333. The molecule has 2 heterocycles. The van der Waals surface area contributed by atoms with Crippen LogP contribution in [0.5, 0.6) is 5.75 Å². The lowest BCUT2D eigenvalue weighted by molar-refractivity contribution is 0.0714. The molecule has 0 aliphatic carbocycles. The number of halogens is 1. The van der Waals surface area contributed by atoms with E-state index in [2.05, 4.69) is 15.9 Å². The van der Waals surface area contributed by atoms with Crippen molar-refractivity contribution >= 4 is 32.8 Å². The number of methoxy groups -OCH3 is 1. The van der Waals surface area contributed by atoms with Crippen molar-refractivity contribution in [2.75, 3.05) is 7.11 Å². The lowest BCUT2D eigenvalue weighted by Crippen LogP contribution is -2.29. The zero-order valence-electron chi connectivity index (χ0n) is 16.7. The van der Waals surface area contributed by atoms with E-state index in [0.717, 1.165) is 21.3 Å². The highest BCUT2D eigenvalue weighted by molar-refractivity contribution is 9.10. The Labute approximate surface area is 187 Å². The molecular weight excluding hydrogens is 458 g/mol. The quantitative estimate of drug-likeness (QED) is 0.401. The molecule has 0 saturated heterocycles. The van der Waals surface area contributed by atoms with Crippen LogP contribution < -0.4 is 10.2 Å². The first-order chi connectivity index (χ1) is 15.1. The van der Waals surface area contributed by atoms with Crippen molar-refractivity contribution in [3.8, 4) is 5.75 Å². The van der Waals surface area contributed by atoms with Gasteiger partial charge in [-0.2, -0.15) is 0 Å². The van der Waals surface area contributed by atoms with Crippen molar-refractivity contribution in [1.82, 2.24) is 4.90 Å². The SMILES string of the molecule is COc1ccc(CN2C(=O)c3oc4ccccc4c(=O)c3C2c2cccc(Br)c2)cc1. The summed E-state index contributed by atoms with van der Waals surface area (Å²) >= 11 is 3.51. The van der Waals surface area contributed by atoms with E-state index in [1.165, 1.54) is 0 Å². The van der Waals surface area contributed by atoms with Gasteiger partial charge in [-0.3, -0.25) is 9.59 Å². The molecule has 6 heteroatoms. The molecule has 1 aromatic heterocycles. The fourth-order valence-corrected chi connectivity index (χ4v) is 4.50. The van der Waals surface area contributed by atoms with Gasteiger partial charge in [0.25, 0.3) is 5.91 Å². The number of fused-ring (bicyclic) bond motifs is 2. The van der Waals surface area contributed by atoms with Crippen molar-refractivity contribution in [3.63, 3.8) is 0 Å². The fourth-order valence-electron chi connectivity index (χ4n) is 4.08. The lowest BCUT2D eigenvalue weighted by atomic mass is 9.98. The summed E-state index contributed by atoms with van der Waals surface area (Å²) in [5.41, 5.74) is 2.40. The van der Waals surface area contributed by atoms with Crippen LogP contribution in [-0.4, -0.2) is 17.9 Å². The zero-order chi connectivity index (χ0) is 21.5. The first kappa shape index (κ1) is 19.6. The summed E-state index contributed by atoms with van der Waals surface area (Å²) in [6, 6.07) is 21.7. The highest BCUT2D eigenvalue weighted by Crippen LogP contribution is 2.39. The van der Waals surface area contributed by atoms with Gasteiger partial charge in [0.2, 0.25) is 5.76 Å². The Morgan fingerprint density at radius 3 is 2.52 bits per heavy atom. The molecule has 1 aliphatic heterocycles. The number of para-hydroxylation sites is 1. The van der Waals surface area contributed by atoms with Gasteiger partial charge in [-0.1, -0.05) is 52.3 Å². The molecule has 0 bridgehead atoms. The van der Waals surface area contributed by atoms with Crippen LogP contribution in [0.1, 0.15) is 33.3 Å². The van der Waals surface area contributed by atoms with Crippen molar-refractivity contribution in [2.24, 2.45) is 0 Å². The van der Waals surface area contributed by atoms with Gasteiger partial charge in [0.05, 0.1) is 24.1 Å². The number of benzene rings is 3. The number of ether oxygens (including phenoxy) is 1. The lowest BCUT2D eigenvalue weighted by Gasteiger charge is -2.25. The molecular formula is C25H18BrNO4. The third-order valence-corrected chi connectivity index (χ3v) is 6.04. The first-order valence-electron chi connectivity index (χ1n) is 9.82. The average molecular weight is 476 g/mol. The van der Waals surface area contributed by atoms with Gasteiger partial charge in [0, 0.05) is 11.0 Å². The maximum atomic E-state index is 13.4. The molecule has 0 fully saturated rings. The molecule has 1 aliphatic rings. The van der Waals surface area contributed by atoms with Gasteiger partial charge in [-0.25, -0.2) is 0 Å². The summed E-state index contributed by atoms with van der Waals surface area (Å²) in [7, 11) is 1.61. The van der Waals surface area contributed by atoms with Crippen LogP contribution in [0.25, 0.3) is 11.0 Å². The van der Waals surface area contributed by atoms with E-state index in [0.29, 0.717) is 23.1 Å². The van der Waals surface area contributed by atoms with Crippen LogP contribution in [0.4, 0.5) is 0 Å². The van der Waals surface area contributed by atoms with Crippen LogP contribution in [0, 0.1) is 0 Å². The van der Waals surface area contributed by atoms with Gasteiger partial charge in [0.1, 0.15) is 11.3 Å². The zero-order valence-corrected chi connectivity index (χ0v) is 18.3. The second-order valence-corrected chi connectivity index (χ2v) is 8.32. The molecule has 4 aromatic rings. The van der Waals surface area contributed by atoms with E-state index in [1.807, 2.05) is 48.5 Å². The molecule has 0 saturated carbocycles. The molecule has 5 rings (SSSR count). The normalized spacial score (nSPS) is 15.4. The highest BCUT2D eigenvalue weighted by atomic mass is 79.9. The molecule has 1 unspecified atom stereocenters. The van der Waals surface area contributed by atoms with Crippen molar-refractivity contribution in [1.29, 1.82) is 0 Å². The van der Waals surface area contributed by atoms with Crippen LogP contribution in [0.3, 0.4) is 0 Å². The Hall–Kier alpha value is -3.38. The van der Waals surface area contributed by atoms with E-state index in [-0.39, 0.29) is 17.1 Å². The summed E-state index contributed by atoms with van der Waals surface area (Å²) in [6.07, 6.45) is 0. The largest absolute Gasteiger partial charge is 0.497 e. The number of rotatable bonds is 4. The Balaban J connectivity index is 1.69. The first-order valence-corrected chi connectivity index (χ1v) is 10.6. The van der Waals surface area contributed by atoms with Gasteiger partial charge >= 0.3 is 0 Å². The van der Waals surface area contributed by atoms with Crippen molar-refractivity contribution in [2.45, 2.75) is 12.6 Å². The smallest absolute Gasteiger partial charge is 0.291 e. The summed E-state index contributed by atoms with van der Waals surface area (Å²) in [5, 5.41) is 0.473. The van der Waals surface area contributed by atoms with Crippen molar-refractivity contribution in [3.05, 3.63) is 110 Å². The number of amides is 1. The van der Waals surface area contributed by atoms with E-state index in [1.54, 1.807) is 36.3 Å². The standard InChI is InChI=1S/C25H18BrNO4/c1-30-18-11-9-15(10-12-18)14-27-22(16-5-4-6-17(26)13-16)21-23(28)19-7-2-3-8-20(19)31-24(21)25(27)29/h2-13,22H,14H2,1H3. The topological polar surface area (TPSA) is 59.8 Å². The van der Waals surface area contributed by atoms with Gasteiger partial charge < -0.3 is 14.1 Å². The van der Waals surface area contributed by atoms with Crippen LogP contribution in [0.15, 0.2) is 86.5 Å². The second kappa shape index (κ2) is 7.71. The number of hydrogen-bond acceptors (Lipinski definition) is 4. The Bertz CT molecular complexity index is 1360. The molecule has 1 amide bonds. The van der Waals surface area contributed by atoms with E-state index in [9.17, 15) is 9.59 Å². The molecule has 0 N–H and O–H groups in total. The highest BCUT2D eigenvalue weighted by Gasteiger charge is 2.42. The maximum absolute atomic E-state index is 13.4. The van der Waals surface area contributed by atoms with Crippen LogP contribution in [0.2, 0.25) is 0 Å². The van der Waals surface area contributed by atoms with Gasteiger partial charge in [0.15, 0.2) is 5.43 Å². The van der Waals surface area contributed by atoms with Crippen molar-refractivity contribution < 1.29 is 13.9 Å². The molecule has 31 heavy (non-hydrogen) atoms. The van der Waals surface area contributed by atoms with Crippen LogP contribution in [-0.2, 0) is 6.54 Å². The number of hydrogen-bond donors (Lipinski definition) is 0. The average Bonchev–Trinajstić information content (AvgIpc) is 3.06. The number of carbonyl (C=O) groups excluding carboxylic acids is 1. The molecule has 0 spiro atoms. The predicted octanol–water partition coefficient (Wildman–Crippen LogP) is 5.31. The number of nitrogens with zero attached hydrogens (tertiary/aromatic N) is 1. The van der Waals surface area contributed by atoms with E-state index >= 15 is 0 Å².